The van der Waals surface area contributed by atoms with Crippen molar-refractivity contribution in [3.63, 3.8) is 0 Å². The summed E-state index contributed by atoms with van der Waals surface area (Å²) >= 11 is 0. The molecular weight excluding hydrogens is 272 g/mol. The normalized spacial score (nSPS) is 14.9. The molecule has 0 heterocycles. The van der Waals surface area contributed by atoms with E-state index in [0.717, 1.165) is 12.0 Å². The molecule has 0 aliphatic carbocycles. The van der Waals surface area contributed by atoms with Gasteiger partial charge in [0, 0.05) is 6.04 Å². The molecule has 0 aliphatic rings. The van der Waals surface area contributed by atoms with Crippen LogP contribution in [0, 0.1) is 6.92 Å². The summed E-state index contributed by atoms with van der Waals surface area (Å²) in [5.74, 6) is -0.153. The maximum absolute atomic E-state index is 12.5. The second-order valence-corrected chi connectivity index (χ2v) is 6.07. The Hall–Kier alpha value is -2.13. The number of aryl methyl sites for hydroxylation is 1. The summed E-state index contributed by atoms with van der Waals surface area (Å²) in [5, 5.41) is 3.03. The summed E-state index contributed by atoms with van der Waals surface area (Å²) in [5.41, 5.74) is 8.51. The fraction of sp³-hybridized carbons (Fsp3) is 0.316. The van der Waals surface area contributed by atoms with E-state index in [1.807, 2.05) is 49.4 Å². The van der Waals surface area contributed by atoms with Crippen LogP contribution < -0.4 is 11.1 Å². The third kappa shape index (κ3) is 3.74. The molecule has 0 aliphatic heterocycles. The van der Waals surface area contributed by atoms with E-state index in [4.69, 9.17) is 5.73 Å². The second kappa shape index (κ2) is 6.75. The van der Waals surface area contributed by atoms with Gasteiger partial charge in [0.15, 0.2) is 0 Å². The number of benzene rings is 2. The van der Waals surface area contributed by atoms with Crippen LogP contribution in [0.4, 0.5) is 0 Å². The molecule has 2 aromatic carbocycles. The molecule has 2 rings (SSSR count). The lowest BCUT2D eigenvalue weighted by molar-refractivity contribution is -0.126. The number of nitrogens with one attached hydrogen (secondary N) is 1. The minimum absolute atomic E-state index is 0.0280. The molecule has 3 heteroatoms. The molecule has 3 nitrogen and oxygen atoms in total. The molecule has 0 bridgehead atoms. The Morgan fingerprint density at radius 2 is 1.73 bits per heavy atom. The van der Waals surface area contributed by atoms with Gasteiger partial charge in [0.05, 0.1) is 0 Å². The zero-order chi connectivity index (χ0) is 16.2. The monoisotopic (exact) mass is 296 g/mol. The largest absolute Gasteiger partial charge is 0.351 e. The van der Waals surface area contributed by atoms with Crippen LogP contribution in [0.5, 0.6) is 0 Å². The lowest BCUT2D eigenvalue weighted by Crippen LogP contribution is -2.51. The summed E-state index contributed by atoms with van der Waals surface area (Å²) in [6.07, 6.45) is 0.795. The van der Waals surface area contributed by atoms with Crippen LogP contribution >= 0.6 is 0 Å². The van der Waals surface area contributed by atoms with Gasteiger partial charge in [0.1, 0.15) is 5.54 Å². The van der Waals surface area contributed by atoms with Gasteiger partial charge in [-0.1, -0.05) is 54.6 Å². The maximum Gasteiger partial charge on any atom is 0.244 e. The van der Waals surface area contributed by atoms with E-state index in [1.165, 1.54) is 11.1 Å². The lowest BCUT2D eigenvalue weighted by atomic mass is 9.91. The summed E-state index contributed by atoms with van der Waals surface area (Å²) in [6.45, 7) is 5.84. The van der Waals surface area contributed by atoms with Gasteiger partial charge in [-0.15, -0.1) is 0 Å². The highest BCUT2D eigenvalue weighted by Crippen LogP contribution is 2.18. The molecule has 3 N–H and O–H groups in total. The van der Waals surface area contributed by atoms with E-state index < -0.39 is 5.54 Å². The first-order valence-corrected chi connectivity index (χ1v) is 7.61. The van der Waals surface area contributed by atoms with Gasteiger partial charge in [-0.2, -0.15) is 0 Å². The molecule has 2 unspecified atom stereocenters. The number of hydrogen-bond acceptors (Lipinski definition) is 2. The zero-order valence-corrected chi connectivity index (χ0v) is 13.5. The number of rotatable bonds is 5. The summed E-state index contributed by atoms with van der Waals surface area (Å²) in [7, 11) is 0. The molecule has 0 fully saturated rings. The van der Waals surface area contributed by atoms with Crippen molar-refractivity contribution in [3.05, 3.63) is 71.3 Å². The van der Waals surface area contributed by atoms with Crippen LogP contribution in [0.1, 0.15) is 30.5 Å². The van der Waals surface area contributed by atoms with Gasteiger partial charge in [0.2, 0.25) is 5.91 Å². The smallest absolute Gasteiger partial charge is 0.244 e. The van der Waals surface area contributed by atoms with E-state index in [-0.39, 0.29) is 11.9 Å². The number of carbonyl (C=O) groups is 1. The van der Waals surface area contributed by atoms with Crippen LogP contribution in [0.25, 0.3) is 0 Å². The number of hydrogen-bond donors (Lipinski definition) is 2. The predicted molar refractivity (Wildman–Crippen MR) is 90.5 cm³/mol. The topological polar surface area (TPSA) is 55.1 Å². The Bertz CT molecular complexity index is 635. The SMILES string of the molecule is Cc1ccccc1CC(C)NC(=O)C(C)(N)c1ccccc1. The Morgan fingerprint density at radius 1 is 1.14 bits per heavy atom. The molecule has 0 saturated heterocycles. The van der Waals surface area contributed by atoms with Crippen LogP contribution in [0.3, 0.4) is 0 Å². The van der Waals surface area contributed by atoms with Crippen molar-refractivity contribution in [1.82, 2.24) is 5.32 Å². The Labute approximate surface area is 132 Å². The molecule has 116 valence electrons. The van der Waals surface area contributed by atoms with E-state index in [1.54, 1.807) is 6.92 Å². The molecule has 1 amide bonds. The highest BCUT2D eigenvalue weighted by molar-refractivity contribution is 5.87. The third-order valence-electron chi connectivity index (χ3n) is 4.01. The molecule has 22 heavy (non-hydrogen) atoms. The van der Waals surface area contributed by atoms with Crippen molar-refractivity contribution in [3.8, 4) is 0 Å². The Balaban J connectivity index is 2.04. The van der Waals surface area contributed by atoms with Crippen molar-refractivity contribution < 1.29 is 4.79 Å². The molecule has 0 spiro atoms. The Kier molecular flexibility index (Phi) is 4.99. The van der Waals surface area contributed by atoms with Crippen LogP contribution in [0.15, 0.2) is 54.6 Å². The van der Waals surface area contributed by atoms with E-state index >= 15 is 0 Å². The molecule has 0 radical (unpaired) electrons. The quantitative estimate of drug-likeness (QED) is 0.891. The number of amides is 1. The van der Waals surface area contributed by atoms with Crippen molar-refractivity contribution in [2.45, 2.75) is 38.8 Å². The predicted octanol–water partition coefficient (Wildman–Crippen LogP) is 2.92. The van der Waals surface area contributed by atoms with Crippen LogP contribution in [-0.4, -0.2) is 11.9 Å². The zero-order valence-electron chi connectivity index (χ0n) is 13.5. The lowest BCUT2D eigenvalue weighted by Gasteiger charge is -2.26. The fourth-order valence-corrected chi connectivity index (χ4v) is 2.51. The number of carbonyl (C=O) groups excluding carboxylic acids is 1. The molecule has 2 aromatic rings. The van der Waals surface area contributed by atoms with E-state index in [0.29, 0.717) is 0 Å². The van der Waals surface area contributed by atoms with Gasteiger partial charge in [-0.25, -0.2) is 0 Å². The highest BCUT2D eigenvalue weighted by Gasteiger charge is 2.31. The highest BCUT2D eigenvalue weighted by atomic mass is 16.2. The first kappa shape index (κ1) is 16.2. The van der Waals surface area contributed by atoms with Gasteiger partial charge in [-0.05, 0) is 43.9 Å². The van der Waals surface area contributed by atoms with Gasteiger partial charge in [-0.3, -0.25) is 4.79 Å². The standard InChI is InChI=1S/C19H24N2O/c1-14-9-7-8-10-16(14)13-15(2)21-18(22)19(3,20)17-11-5-4-6-12-17/h4-12,15H,13,20H2,1-3H3,(H,21,22). The molecular formula is C19H24N2O. The molecule has 0 aromatic heterocycles. The minimum Gasteiger partial charge on any atom is -0.351 e. The Morgan fingerprint density at radius 3 is 2.36 bits per heavy atom. The van der Waals surface area contributed by atoms with Crippen molar-refractivity contribution in [1.29, 1.82) is 0 Å². The number of nitrogens with two attached hydrogens (primary N) is 1. The van der Waals surface area contributed by atoms with Crippen LogP contribution in [0.2, 0.25) is 0 Å². The van der Waals surface area contributed by atoms with Crippen LogP contribution in [-0.2, 0) is 16.8 Å². The van der Waals surface area contributed by atoms with Crippen molar-refractivity contribution in [2.75, 3.05) is 0 Å². The summed E-state index contributed by atoms with van der Waals surface area (Å²) < 4.78 is 0. The van der Waals surface area contributed by atoms with E-state index in [2.05, 4.69) is 24.4 Å². The van der Waals surface area contributed by atoms with E-state index in [9.17, 15) is 4.79 Å². The minimum atomic E-state index is -1.03. The van der Waals surface area contributed by atoms with Gasteiger partial charge < -0.3 is 11.1 Å². The summed E-state index contributed by atoms with van der Waals surface area (Å²) in [6, 6.07) is 17.7. The fourth-order valence-electron chi connectivity index (χ4n) is 2.51. The average Bonchev–Trinajstić information content (AvgIpc) is 2.50. The average molecular weight is 296 g/mol. The van der Waals surface area contributed by atoms with Crippen molar-refractivity contribution >= 4 is 5.91 Å². The van der Waals surface area contributed by atoms with Gasteiger partial charge >= 0.3 is 0 Å². The first-order valence-electron chi connectivity index (χ1n) is 7.61. The second-order valence-electron chi connectivity index (χ2n) is 6.07. The molecule has 2 atom stereocenters. The van der Waals surface area contributed by atoms with Gasteiger partial charge in [0.25, 0.3) is 0 Å². The first-order chi connectivity index (χ1) is 10.4. The maximum atomic E-state index is 12.5. The summed E-state index contributed by atoms with van der Waals surface area (Å²) in [4.78, 5) is 12.5. The molecule has 0 saturated carbocycles. The van der Waals surface area contributed by atoms with Crippen molar-refractivity contribution in [2.24, 2.45) is 5.73 Å². The third-order valence-corrected chi connectivity index (χ3v) is 4.01.